The second-order valence-corrected chi connectivity index (χ2v) is 6.38. The fraction of sp³-hybridized carbons (Fsp3) is 0.188. The molecule has 0 saturated heterocycles. The molecule has 138 valence electrons. The predicted octanol–water partition coefficient (Wildman–Crippen LogP) is 3.72. The van der Waals surface area contributed by atoms with Crippen molar-refractivity contribution in [2.45, 2.75) is 6.92 Å². The molecule has 0 spiro atoms. The third kappa shape index (κ3) is 4.14. The summed E-state index contributed by atoms with van der Waals surface area (Å²) < 4.78 is 36.3. The molecule has 0 fully saturated rings. The summed E-state index contributed by atoms with van der Waals surface area (Å²) >= 11 is 6.00. The minimum Gasteiger partial charge on any atom is -0.465 e. The Hall–Kier alpha value is -2.59. The number of halogens is 2. The molecule has 0 saturated carbocycles. The van der Waals surface area contributed by atoms with Crippen LogP contribution in [0.3, 0.4) is 0 Å². The molecular weight excluding hydrogens is 386 g/mol. The Labute approximate surface area is 157 Å². The number of benzene rings is 1. The molecule has 0 amide bonds. The van der Waals surface area contributed by atoms with Crippen LogP contribution in [0.15, 0.2) is 18.2 Å². The van der Waals surface area contributed by atoms with Crippen molar-refractivity contribution < 1.29 is 27.8 Å². The van der Waals surface area contributed by atoms with E-state index in [2.05, 4.69) is 15.4 Å². The van der Waals surface area contributed by atoms with E-state index in [9.17, 15) is 18.4 Å². The highest BCUT2D eigenvalue weighted by molar-refractivity contribution is 7.80. The van der Waals surface area contributed by atoms with Crippen molar-refractivity contribution in [1.29, 1.82) is 0 Å². The second-order valence-electron chi connectivity index (χ2n) is 4.95. The molecule has 1 aromatic heterocycles. The Bertz CT molecular complexity index is 883. The van der Waals surface area contributed by atoms with Gasteiger partial charge in [-0.05, 0) is 36.8 Å². The summed E-state index contributed by atoms with van der Waals surface area (Å²) in [4.78, 5) is 24.1. The van der Waals surface area contributed by atoms with E-state index in [0.29, 0.717) is 5.56 Å². The van der Waals surface area contributed by atoms with Gasteiger partial charge in [0.05, 0.1) is 25.5 Å². The largest absolute Gasteiger partial charge is 0.465 e. The Morgan fingerprint density at radius 2 is 1.77 bits per heavy atom. The Morgan fingerprint density at radius 3 is 2.38 bits per heavy atom. The van der Waals surface area contributed by atoms with Crippen LogP contribution in [-0.4, -0.2) is 31.3 Å². The summed E-state index contributed by atoms with van der Waals surface area (Å²) in [5.41, 5.74) is 0.279. The topological polar surface area (TPSA) is 76.7 Å². The molecule has 26 heavy (non-hydrogen) atoms. The van der Waals surface area contributed by atoms with Crippen molar-refractivity contribution in [1.82, 2.24) is 0 Å². The minimum absolute atomic E-state index is 0.0989. The van der Waals surface area contributed by atoms with Crippen LogP contribution in [0.4, 0.5) is 19.5 Å². The highest BCUT2D eigenvalue weighted by Crippen LogP contribution is 2.34. The molecule has 1 heterocycles. The number of hydrogen-bond acceptors (Lipinski definition) is 6. The van der Waals surface area contributed by atoms with Crippen molar-refractivity contribution in [3.8, 4) is 0 Å². The average Bonchev–Trinajstić information content (AvgIpc) is 2.92. The molecule has 0 aliphatic carbocycles. The summed E-state index contributed by atoms with van der Waals surface area (Å²) in [5, 5.41) is 5.31. The first-order valence-corrected chi connectivity index (χ1v) is 8.34. The lowest BCUT2D eigenvalue weighted by Gasteiger charge is -2.11. The molecule has 2 aromatic rings. The van der Waals surface area contributed by atoms with Crippen LogP contribution in [0.5, 0.6) is 0 Å². The molecule has 0 radical (unpaired) electrons. The number of methoxy groups -OCH3 is 2. The number of ether oxygens (including phenoxy) is 2. The van der Waals surface area contributed by atoms with E-state index < -0.39 is 23.6 Å². The predicted molar refractivity (Wildman–Crippen MR) is 97.9 cm³/mol. The number of hydrogen-bond donors (Lipinski definition) is 2. The van der Waals surface area contributed by atoms with Gasteiger partial charge in [-0.15, -0.1) is 11.3 Å². The van der Waals surface area contributed by atoms with Crippen LogP contribution in [0.1, 0.15) is 25.6 Å². The third-order valence-electron chi connectivity index (χ3n) is 3.31. The summed E-state index contributed by atoms with van der Waals surface area (Å²) in [7, 11) is 2.41. The number of rotatable bonds is 4. The van der Waals surface area contributed by atoms with Crippen LogP contribution >= 0.6 is 23.6 Å². The zero-order chi connectivity index (χ0) is 19.4. The first-order valence-electron chi connectivity index (χ1n) is 7.11. The van der Waals surface area contributed by atoms with Gasteiger partial charge < -0.3 is 20.1 Å². The Kier molecular flexibility index (Phi) is 6.22. The highest BCUT2D eigenvalue weighted by atomic mass is 32.1. The number of thiophene rings is 1. The Balaban J connectivity index is 2.32. The summed E-state index contributed by atoms with van der Waals surface area (Å²) in [6.45, 7) is 1.56. The zero-order valence-electron chi connectivity index (χ0n) is 13.9. The van der Waals surface area contributed by atoms with Crippen molar-refractivity contribution in [3.63, 3.8) is 0 Å². The van der Waals surface area contributed by atoms with Crippen LogP contribution in [0.25, 0.3) is 0 Å². The number of nitrogens with one attached hydrogen (secondary N) is 2. The lowest BCUT2D eigenvalue weighted by Crippen LogP contribution is -2.20. The lowest BCUT2D eigenvalue weighted by atomic mass is 10.1. The van der Waals surface area contributed by atoms with E-state index in [-0.39, 0.29) is 26.2 Å². The minimum atomic E-state index is -0.707. The number of anilines is 2. The summed E-state index contributed by atoms with van der Waals surface area (Å²) in [6.07, 6.45) is 0. The normalized spacial score (nSPS) is 10.2. The maximum absolute atomic E-state index is 13.7. The fourth-order valence-electron chi connectivity index (χ4n) is 2.09. The second kappa shape index (κ2) is 8.19. The van der Waals surface area contributed by atoms with Crippen molar-refractivity contribution in [2.24, 2.45) is 0 Å². The van der Waals surface area contributed by atoms with Gasteiger partial charge in [-0.1, -0.05) is 0 Å². The molecule has 0 bridgehead atoms. The lowest BCUT2D eigenvalue weighted by molar-refractivity contribution is 0.0601. The van der Waals surface area contributed by atoms with Gasteiger partial charge in [0.2, 0.25) is 0 Å². The van der Waals surface area contributed by atoms with Crippen LogP contribution < -0.4 is 10.6 Å². The van der Waals surface area contributed by atoms with Gasteiger partial charge in [0, 0.05) is 6.07 Å². The molecule has 0 atom stereocenters. The first kappa shape index (κ1) is 19.7. The van der Waals surface area contributed by atoms with Crippen molar-refractivity contribution >= 4 is 51.3 Å². The third-order valence-corrected chi connectivity index (χ3v) is 4.70. The quantitative estimate of drug-likeness (QED) is 0.598. The van der Waals surface area contributed by atoms with Gasteiger partial charge in [-0.2, -0.15) is 0 Å². The van der Waals surface area contributed by atoms with Gasteiger partial charge in [-0.25, -0.2) is 18.4 Å². The number of thiocarbonyl (C=S) groups is 1. The molecule has 0 unspecified atom stereocenters. The molecule has 0 aliphatic heterocycles. The van der Waals surface area contributed by atoms with Crippen LogP contribution in [0, 0.1) is 18.6 Å². The van der Waals surface area contributed by atoms with E-state index in [0.717, 1.165) is 29.5 Å². The number of carbonyl (C=O) groups excluding carboxylic acids is 2. The smallest absolute Gasteiger partial charge is 0.348 e. The molecule has 1 aromatic carbocycles. The van der Waals surface area contributed by atoms with E-state index >= 15 is 0 Å². The van der Waals surface area contributed by atoms with Gasteiger partial charge >= 0.3 is 11.9 Å². The fourth-order valence-corrected chi connectivity index (χ4v) is 3.48. The Morgan fingerprint density at radius 1 is 1.12 bits per heavy atom. The van der Waals surface area contributed by atoms with Gasteiger partial charge in [-0.3, -0.25) is 0 Å². The van der Waals surface area contributed by atoms with E-state index in [1.54, 1.807) is 6.92 Å². The average molecular weight is 400 g/mol. The van der Waals surface area contributed by atoms with Crippen molar-refractivity contribution in [2.75, 3.05) is 24.9 Å². The highest BCUT2D eigenvalue weighted by Gasteiger charge is 2.26. The standard InChI is InChI=1S/C16H14F2N2O4S2/c1-7-11(14(21)23-2)13(26-12(7)15(22)24-3)20-16(25)19-10-6-8(17)4-5-9(10)18/h4-6H,1-3H3,(H2,19,20,25). The number of carbonyl (C=O) groups is 2. The molecule has 10 heteroatoms. The molecule has 2 N–H and O–H groups in total. The summed E-state index contributed by atoms with van der Waals surface area (Å²) in [6, 6.07) is 2.85. The maximum Gasteiger partial charge on any atom is 0.348 e. The molecule has 2 rings (SSSR count). The molecule has 6 nitrogen and oxygen atoms in total. The molecule has 0 aliphatic rings. The SMILES string of the molecule is COC(=O)c1sc(NC(=S)Nc2cc(F)ccc2F)c(C(=O)OC)c1C. The van der Waals surface area contributed by atoms with E-state index in [4.69, 9.17) is 17.0 Å². The van der Waals surface area contributed by atoms with Crippen molar-refractivity contribution in [3.05, 3.63) is 45.8 Å². The summed E-state index contributed by atoms with van der Waals surface area (Å²) in [5.74, 6) is -2.66. The zero-order valence-corrected chi connectivity index (χ0v) is 15.6. The van der Waals surface area contributed by atoms with E-state index in [1.165, 1.54) is 14.2 Å². The van der Waals surface area contributed by atoms with Gasteiger partial charge in [0.15, 0.2) is 5.11 Å². The maximum atomic E-state index is 13.7. The first-order chi connectivity index (χ1) is 12.3. The van der Waals surface area contributed by atoms with Crippen LogP contribution in [-0.2, 0) is 9.47 Å². The van der Waals surface area contributed by atoms with Crippen LogP contribution in [0.2, 0.25) is 0 Å². The van der Waals surface area contributed by atoms with Gasteiger partial charge in [0.25, 0.3) is 0 Å². The number of esters is 2. The molecular formula is C16H14F2N2O4S2. The monoisotopic (exact) mass is 400 g/mol. The van der Waals surface area contributed by atoms with Gasteiger partial charge in [0.1, 0.15) is 21.5 Å². The van der Waals surface area contributed by atoms with E-state index in [1.807, 2.05) is 0 Å².